The van der Waals surface area contributed by atoms with Crippen molar-refractivity contribution < 1.29 is 10.1 Å². The zero-order chi connectivity index (χ0) is 20.6. The van der Waals surface area contributed by atoms with E-state index in [0.29, 0.717) is 36.7 Å². The number of hydrogen-bond donors (Lipinski definition) is 4. The van der Waals surface area contributed by atoms with Gasteiger partial charge in [0.15, 0.2) is 0 Å². The zero-order valence-corrected chi connectivity index (χ0v) is 16.9. The van der Waals surface area contributed by atoms with Crippen LogP contribution >= 0.6 is 0 Å². The van der Waals surface area contributed by atoms with E-state index in [2.05, 4.69) is 39.7 Å². The fraction of sp³-hybridized carbons (Fsp3) is 0.524. The first-order valence-electron chi connectivity index (χ1n) is 10.3. The maximum atomic E-state index is 11.5. The van der Waals surface area contributed by atoms with Gasteiger partial charge in [0.05, 0.1) is 4.91 Å². The van der Waals surface area contributed by atoms with Gasteiger partial charge in [0.25, 0.3) is 4.92 Å². The highest BCUT2D eigenvalue weighted by molar-refractivity contribution is 5.56. The lowest BCUT2D eigenvalue weighted by Crippen LogP contribution is -2.25. The summed E-state index contributed by atoms with van der Waals surface area (Å²) in [5, 5.41) is 15.8. The van der Waals surface area contributed by atoms with E-state index in [-0.39, 0.29) is 16.5 Å². The molecule has 0 saturated heterocycles. The first kappa shape index (κ1) is 21.0. The first-order chi connectivity index (χ1) is 14.1. The number of rotatable bonds is 9. The van der Waals surface area contributed by atoms with Gasteiger partial charge < -0.3 is 16.4 Å². The van der Waals surface area contributed by atoms with Crippen LogP contribution in [-0.2, 0) is 0 Å². The summed E-state index contributed by atoms with van der Waals surface area (Å²) in [6.07, 6.45) is 5.82. The minimum absolute atomic E-state index is 0.0160. The Morgan fingerprint density at radius 1 is 1.17 bits per heavy atom. The van der Waals surface area contributed by atoms with Gasteiger partial charge in [0.2, 0.25) is 11.8 Å². The van der Waals surface area contributed by atoms with Crippen molar-refractivity contribution in [3.05, 3.63) is 47.0 Å². The molecule has 1 fully saturated rings. The van der Waals surface area contributed by atoms with Crippen molar-refractivity contribution in [2.75, 3.05) is 30.3 Å². The number of benzene rings is 1. The van der Waals surface area contributed by atoms with Crippen molar-refractivity contribution in [3.63, 3.8) is 0 Å². The molecule has 1 aromatic heterocycles. The molecule has 8 nitrogen and oxygen atoms in total. The summed E-state index contributed by atoms with van der Waals surface area (Å²) in [5.41, 5.74) is 7.00. The molecule has 1 aliphatic rings. The fourth-order valence-corrected chi connectivity index (χ4v) is 3.79. The Morgan fingerprint density at radius 2 is 1.86 bits per heavy atom. The van der Waals surface area contributed by atoms with Gasteiger partial charge in [-0.1, -0.05) is 37.3 Å². The Labute approximate surface area is 171 Å². The molecule has 8 heteroatoms. The van der Waals surface area contributed by atoms with Crippen LogP contribution < -0.4 is 16.4 Å². The number of anilines is 2. The van der Waals surface area contributed by atoms with Crippen LogP contribution in [0.5, 0.6) is 0 Å². The number of nitrogens with one attached hydrogen (secondary N) is 2. The minimum atomic E-state index is -0.190. The van der Waals surface area contributed by atoms with E-state index in [1.165, 1.54) is 11.8 Å². The summed E-state index contributed by atoms with van der Waals surface area (Å²) >= 11 is 0. The summed E-state index contributed by atoms with van der Waals surface area (Å²) in [5.74, 6) is 2.18. The van der Waals surface area contributed by atoms with E-state index < -0.39 is 0 Å². The molecule has 5 N–H and O–H groups in total. The molecule has 3 rings (SSSR count). The second-order valence-electron chi connectivity index (χ2n) is 7.90. The van der Waals surface area contributed by atoms with Gasteiger partial charge in [-0.3, -0.25) is 0 Å². The average molecular weight is 400 g/mol. The summed E-state index contributed by atoms with van der Waals surface area (Å²) < 4.78 is 0. The van der Waals surface area contributed by atoms with Crippen molar-refractivity contribution in [1.82, 2.24) is 9.97 Å². The Morgan fingerprint density at radius 3 is 2.52 bits per heavy atom. The van der Waals surface area contributed by atoms with Gasteiger partial charge in [-0.05, 0) is 55.5 Å². The van der Waals surface area contributed by atoms with Crippen LogP contribution in [0, 0.1) is 16.7 Å². The predicted octanol–water partition coefficient (Wildman–Crippen LogP) is 3.67. The van der Waals surface area contributed by atoms with Crippen molar-refractivity contribution in [2.24, 2.45) is 17.6 Å². The third-order valence-corrected chi connectivity index (χ3v) is 5.77. The molecule has 0 amide bonds. The lowest BCUT2D eigenvalue weighted by Gasteiger charge is -2.27. The van der Waals surface area contributed by atoms with Crippen LogP contribution in [0.3, 0.4) is 0 Å². The molecule has 2 aromatic rings. The van der Waals surface area contributed by atoms with E-state index in [1.54, 1.807) is 0 Å². The van der Waals surface area contributed by atoms with Gasteiger partial charge in [0.1, 0.15) is 6.20 Å². The minimum Gasteiger partial charge on any atom is -0.364 e. The Hall–Kier alpha value is -2.74. The molecule has 29 heavy (non-hydrogen) atoms. The second-order valence-corrected chi connectivity index (χ2v) is 7.90. The predicted molar refractivity (Wildman–Crippen MR) is 113 cm³/mol. The highest BCUT2D eigenvalue weighted by Gasteiger charge is 2.25. The van der Waals surface area contributed by atoms with Crippen LogP contribution in [0.25, 0.3) is 0 Å². The highest BCUT2D eigenvalue weighted by Crippen LogP contribution is 2.29. The molecular weight excluding hydrogens is 368 g/mol. The highest BCUT2D eigenvalue weighted by atomic mass is 16.6. The first-order valence-corrected chi connectivity index (χ1v) is 10.3. The molecule has 1 unspecified atom stereocenters. The molecule has 0 spiro atoms. The zero-order valence-electron chi connectivity index (χ0n) is 16.9. The van der Waals surface area contributed by atoms with E-state index in [4.69, 9.17) is 5.73 Å². The summed E-state index contributed by atoms with van der Waals surface area (Å²) in [4.78, 5) is 19.9. The van der Waals surface area contributed by atoms with E-state index in [1.807, 2.05) is 18.2 Å². The van der Waals surface area contributed by atoms with Gasteiger partial charge in [-0.15, -0.1) is 0 Å². The number of nitrogens with zero attached hydrogens (tertiary/aromatic N) is 3. The summed E-state index contributed by atoms with van der Waals surface area (Å²) in [7, 11) is 0. The third kappa shape index (κ3) is 5.87. The smallest absolute Gasteiger partial charge is 0.364 e. The van der Waals surface area contributed by atoms with Gasteiger partial charge in [-0.25, -0.2) is 10.2 Å². The van der Waals surface area contributed by atoms with Gasteiger partial charge in [0, 0.05) is 13.1 Å². The molecule has 0 radical (unpaired) electrons. The fourth-order valence-electron chi connectivity index (χ4n) is 3.79. The monoisotopic (exact) mass is 399 g/mol. The molecule has 1 atom stereocenters. The lowest BCUT2D eigenvalue weighted by atomic mass is 9.82. The molecule has 1 saturated carbocycles. The molecule has 1 heterocycles. The van der Waals surface area contributed by atoms with Crippen molar-refractivity contribution >= 4 is 17.5 Å². The Balaban J connectivity index is 1.61. The van der Waals surface area contributed by atoms with E-state index in [0.717, 1.165) is 32.2 Å². The number of aromatic nitrogens is 2. The molecule has 1 aromatic carbocycles. The maximum Gasteiger partial charge on any atom is 0.376 e. The molecule has 0 bridgehead atoms. The number of nitrogens with two attached hydrogens (primary N) is 1. The molecule has 1 aliphatic carbocycles. The number of hydrogen-bond acceptors (Lipinski definition) is 6. The van der Waals surface area contributed by atoms with Crippen molar-refractivity contribution in [2.45, 2.75) is 38.5 Å². The van der Waals surface area contributed by atoms with Crippen LogP contribution in [-0.4, -0.2) is 39.7 Å². The third-order valence-electron chi connectivity index (χ3n) is 5.77. The molecule has 156 valence electrons. The average Bonchev–Trinajstić information content (AvgIpc) is 2.76. The van der Waals surface area contributed by atoms with Crippen LogP contribution in [0.2, 0.25) is 0 Å². The molecular formula is C21H31N6O2+. The Kier molecular flexibility index (Phi) is 7.35. The lowest BCUT2D eigenvalue weighted by molar-refractivity contribution is -0.729. The van der Waals surface area contributed by atoms with Crippen LogP contribution in [0.15, 0.2) is 36.5 Å². The maximum absolute atomic E-state index is 11.5. The normalized spacial score (nSPS) is 20.1. The van der Waals surface area contributed by atoms with Gasteiger partial charge >= 0.3 is 5.69 Å². The molecule has 0 aliphatic heterocycles. The SMILES string of the molecule is CC(CNc1ncc([N+](=O)O)c(NCC2CCC(CN)CC2)n1)c1ccccc1. The summed E-state index contributed by atoms with van der Waals surface area (Å²) in [6, 6.07) is 10.2. The van der Waals surface area contributed by atoms with Crippen molar-refractivity contribution in [3.8, 4) is 0 Å². The topological polar surface area (TPSA) is 116 Å². The Bertz CT molecular complexity index is 793. The van der Waals surface area contributed by atoms with Crippen molar-refractivity contribution in [1.29, 1.82) is 0 Å². The standard InChI is InChI=1S/C21H31N6O2/c1-15(18-5-3-2-4-6-18)12-24-21-25-14-19(27(28)29)20(26-21)23-13-17-9-7-16(11-22)8-10-17/h2-6,14-17H,7-13,22H2,1H3,(H,28,29)(H2,23,24,25,26)/q+1. The van der Waals surface area contributed by atoms with E-state index >= 15 is 0 Å². The summed E-state index contributed by atoms with van der Waals surface area (Å²) in [6.45, 7) is 4.24. The largest absolute Gasteiger partial charge is 0.376 e. The van der Waals surface area contributed by atoms with Crippen LogP contribution in [0.1, 0.15) is 44.1 Å². The van der Waals surface area contributed by atoms with Crippen LogP contribution in [0.4, 0.5) is 17.5 Å². The second kappa shape index (κ2) is 10.2. The van der Waals surface area contributed by atoms with E-state index in [9.17, 15) is 10.1 Å². The quantitative estimate of drug-likeness (QED) is 0.475. The van der Waals surface area contributed by atoms with Gasteiger partial charge in [-0.2, -0.15) is 4.98 Å².